The largest absolute Gasteiger partial charge is 0.490 e. The topological polar surface area (TPSA) is 115 Å². The Morgan fingerprint density at radius 1 is 1.14 bits per heavy atom. The summed E-state index contributed by atoms with van der Waals surface area (Å²) in [5.74, 6) is 0.201. The highest BCUT2D eigenvalue weighted by Crippen LogP contribution is 2.37. The Morgan fingerprint density at radius 3 is 2.51 bits per heavy atom. The molecule has 0 spiro atoms. The molecule has 0 aliphatic carbocycles. The van der Waals surface area contributed by atoms with Crippen molar-refractivity contribution in [2.75, 3.05) is 18.5 Å². The Morgan fingerprint density at radius 2 is 1.86 bits per heavy atom. The maximum absolute atomic E-state index is 12.9. The quantitative estimate of drug-likeness (QED) is 0.198. The molecule has 0 aliphatic heterocycles. The van der Waals surface area contributed by atoms with Crippen LogP contribution in [0.1, 0.15) is 18.1 Å². The summed E-state index contributed by atoms with van der Waals surface area (Å²) < 4.78 is 25.1. The van der Waals surface area contributed by atoms with Gasteiger partial charge < -0.3 is 14.8 Å². The molecule has 0 atom stereocenters. The molecule has 1 amide bonds. The van der Waals surface area contributed by atoms with Crippen LogP contribution in [0.3, 0.4) is 0 Å². The van der Waals surface area contributed by atoms with Crippen LogP contribution in [-0.2, 0) is 11.4 Å². The molecule has 0 saturated carbocycles. The minimum absolute atomic E-state index is 0.00639. The van der Waals surface area contributed by atoms with Gasteiger partial charge in [0.15, 0.2) is 11.5 Å². The van der Waals surface area contributed by atoms with Gasteiger partial charge in [-0.25, -0.2) is 9.82 Å². The van der Waals surface area contributed by atoms with Crippen molar-refractivity contribution in [1.29, 1.82) is 0 Å². The number of nitro groups is 1. The van der Waals surface area contributed by atoms with Gasteiger partial charge >= 0.3 is 0 Å². The van der Waals surface area contributed by atoms with Crippen molar-refractivity contribution in [3.63, 3.8) is 0 Å². The Labute approximate surface area is 209 Å². The highest BCUT2D eigenvalue weighted by Gasteiger charge is 2.13. The summed E-state index contributed by atoms with van der Waals surface area (Å²) in [6, 6.07) is 15.2. The van der Waals surface area contributed by atoms with Gasteiger partial charge in [-0.05, 0) is 82.5 Å². The molecule has 0 saturated heterocycles. The number of nitrogens with one attached hydrogen (secondary N) is 2. The first-order chi connectivity index (χ1) is 16.9. The third-order valence-corrected chi connectivity index (χ3v) is 5.15. The molecule has 35 heavy (non-hydrogen) atoms. The first-order valence-electron chi connectivity index (χ1n) is 10.5. The summed E-state index contributed by atoms with van der Waals surface area (Å²) in [5.41, 5.74) is 4.44. The van der Waals surface area contributed by atoms with Crippen LogP contribution >= 0.6 is 15.9 Å². The standard InChI is InChI=1S/C24H22BrFN4O5/c1-2-34-22-12-17(13-28-29-23(31)14-27-19-7-5-18(26)6-8-19)11-21(25)24(22)35-15-16-3-9-20(10-4-16)30(32)33/h3-13,27H,2,14-15H2,1H3,(H,29,31)/b28-13-. The fraction of sp³-hybridized carbons (Fsp3) is 0.167. The molecule has 0 aliphatic rings. The van der Waals surface area contributed by atoms with E-state index in [0.29, 0.717) is 33.8 Å². The molecule has 9 nitrogen and oxygen atoms in total. The van der Waals surface area contributed by atoms with Crippen molar-refractivity contribution in [3.05, 3.63) is 92.2 Å². The third-order valence-electron chi connectivity index (χ3n) is 4.56. The van der Waals surface area contributed by atoms with E-state index in [4.69, 9.17) is 9.47 Å². The van der Waals surface area contributed by atoms with Crippen LogP contribution < -0.4 is 20.2 Å². The maximum Gasteiger partial charge on any atom is 0.269 e. The first-order valence-corrected chi connectivity index (χ1v) is 11.3. The number of nitro benzene ring substituents is 1. The predicted octanol–water partition coefficient (Wildman–Crippen LogP) is 5.04. The van der Waals surface area contributed by atoms with E-state index in [1.165, 1.54) is 42.6 Å². The van der Waals surface area contributed by atoms with Crippen LogP contribution in [0.15, 0.2) is 70.2 Å². The van der Waals surface area contributed by atoms with Gasteiger partial charge in [-0.15, -0.1) is 0 Å². The molecule has 0 fully saturated rings. The molecule has 0 heterocycles. The van der Waals surface area contributed by atoms with Crippen LogP contribution in [0.25, 0.3) is 0 Å². The molecular weight excluding hydrogens is 523 g/mol. The van der Waals surface area contributed by atoms with Gasteiger partial charge in [0.2, 0.25) is 0 Å². The summed E-state index contributed by atoms with van der Waals surface area (Å²) >= 11 is 3.47. The number of non-ortho nitro benzene ring substituents is 1. The second-order valence-electron chi connectivity index (χ2n) is 7.13. The van der Waals surface area contributed by atoms with Gasteiger partial charge in [-0.1, -0.05) is 0 Å². The lowest BCUT2D eigenvalue weighted by atomic mass is 10.2. The second kappa shape index (κ2) is 12.5. The molecule has 182 valence electrons. The lowest BCUT2D eigenvalue weighted by molar-refractivity contribution is -0.384. The van der Waals surface area contributed by atoms with Crippen molar-refractivity contribution in [3.8, 4) is 11.5 Å². The van der Waals surface area contributed by atoms with Gasteiger partial charge in [-0.3, -0.25) is 14.9 Å². The Kier molecular flexibility index (Phi) is 9.13. The van der Waals surface area contributed by atoms with Crippen molar-refractivity contribution < 1.29 is 23.6 Å². The summed E-state index contributed by atoms with van der Waals surface area (Å²) in [4.78, 5) is 22.3. The number of ether oxygens (including phenoxy) is 2. The van der Waals surface area contributed by atoms with Crippen molar-refractivity contribution >= 4 is 39.4 Å². The van der Waals surface area contributed by atoms with Crippen LogP contribution in [0, 0.1) is 15.9 Å². The lowest BCUT2D eigenvalue weighted by Gasteiger charge is -2.14. The molecule has 3 rings (SSSR count). The van der Waals surface area contributed by atoms with E-state index in [1.807, 2.05) is 6.92 Å². The number of amides is 1. The number of rotatable bonds is 11. The fourth-order valence-electron chi connectivity index (χ4n) is 2.90. The number of halogens is 2. The molecule has 0 radical (unpaired) electrons. The number of carbonyl (C=O) groups excluding carboxylic acids is 1. The Bertz CT molecular complexity index is 1200. The van der Waals surface area contributed by atoms with Gasteiger partial charge in [0.1, 0.15) is 12.4 Å². The minimum Gasteiger partial charge on any atom is -0.490 e. The number of hydrogen-bond donors (Lipinski definition) is 2. The number of carbonyl (C=O) groups is 1. The molecular formula is C24H22BrFN4O5. The highest BCUT2D eigenvalue weighted by molar-refractivity contribution is 9.10. The number of nitrogens with zero attached hydrogens (tertiary/aromatic N) is 2. The molecule has 0 unspecified atom stereocenters. The lowest BCUT2D eigenvalue weighted by Crippen LogP contribution is -2.25. The first kappa shape index (κ1) is 25.6. The normalized spacial score (nSPS) is 10.7. The number of hydrazone groups is 1. The number of hydrogen-bond acceptors (Lipinski definition) is 7. The summed E-state index contributed by atoms with van der Waals surface area (Å²) in [7, 11) is 0. The van der Waals surface area contributed by atoms with Crippen LogP contribution in [-0.4, -0.2) is 30.2 Å². The zero-order chi connectivity index (χ0) is 25.2. The van der Waals surface area contributed by atoms with E-state index >= 15 is 0 Å². The average Bonchev–Trinajstić information content (AvgIpc) is 2.83. The van der Waals surface area contributed by atoms with Gasteiger partial charge in [-0.2, -0.15) is 5.10 Å². The van der Waals surface area contributed by atoms with Gasteiger partial charge in [0.25, 0.3) is 11.6 Å². The zero-order valence-electron chi connectivity index (χ0n) is 18.7. The summed E-state index contributed by atoms with van der Waals surface area (Å²) in [6.45, 7) is 2.38. The Balaban J connectivity index is 1.60. The van der Waals surface area contributed by atoms with E-state index in [9.17, 15) is 19.3 Å². The monoisotopic (exact) mass is 544 g/mol. The molecule has 3 aromatic carbocycles. The average molecular weight is 545 g/mol. The smallest absolute Gasteiger partial charge is 0.269 e. The molecule has 3 aromatic rings. The number of anilines is 1. The van der Waals surface area contributed by atoms with Gasteiger partial charge in [0.05, 0.1) is 28.8 Å². The van der Waals surface area contributed by atoms with Gasteiger partial charge in [0, 0.05) is 17.8 Å². The van der Waals surface area contributed by atoms with Crippen LogP contribution in [0.2, 0.25) is 0 Å². The summed E-state index contributed by atoms with van der Waals surface area (Å²) in [6.07, 6.45) is 1.46. The molecule has 0 bridgehead atoms. The van der Waals surface area contributed by atoms with Crippen LogP contribution in [0.5, 0.6) is 11.5 Å². The SMILES string of the molecule is CCOc1cc(/C=N\NC(=O)CNc2ccc(F)cc2)cc(Br)c1OCc1ccc([N+](=O)[O-])cc1. The van der Waals surface area contributed by atoms with Crippen molar-refractivity contribution in [2.24, 2.45) is 5.10 Å². The van der Waals surface area contributed by atoms with E-state index in [0.717, 1.165) is 5.56 Å². The molecule has 11 heteroatoms. The van der Waals surface area contributed by atoms with Crippen LogP contribution in [0.4, 0.5) is 15.8 Å². The fourth-order valence-corrected chi connectivity index (χ4v) is 3.48. The second-order valence-corrected chi connectivity index (χ2v) is 7.98. The van der Waals surface area contributed by atoms with E-state index in [2.05, 4.69) is 31.8 Å². The van der Waals surface area contributed by atoms with E-state index < -0.39 is 4.92 Å². The minimum atomic E-state index is -0.459. The number of benzene rings is 3. The molecule has 2 N–H and O–H groups in total. The maximum atomic E-state index is 12.9. The van der Waals surface area contributed by atoms with E-state index in [1.54, 1.807) is 24.3 Å². The zero-order valence-corrected chi connectivity index (χ0v) is 20.2. The van der Waals surface area contributed by atoms with E-state index in [-0.39, 0.29) is 30.6 Å². The predicted molar refractivity (Wildman–Crippen MR) is 133 cm³/mol. The third kappa shape index (κ3) is 7.78. The van der Waals surface area contributed by atoms with Crippen molar-refractivity contribution in [1.82, 2.24) is 5.43 Å². The Hall–Kier alpha value is -3.99. The highest BCUT2D eigenvalue weighted by atomic mass is 79.9. The molecule has 0 aromatic heterocycles. The van der Waals surface area contributed by atoms with Crippen molar-refractivity contribution in [2.45, 2.75) is 13.5 Å². The summed E-state index contributed by atoms with van der Waals surface area (Å²) in [5, 5.41) is 17.6.